The van der Waals surface area contributed by atoms with E-state index < -0.39 is 53.1 Å². The van der Waals surface area contributed by atoms with Crippen LogP contribution in [0.5, 0.6) is 5.75 Å². The van der Waals surface area contributed by atoms with Crippen molar-refractivity contribution in [2.75, 3.05) is 0 Å². The highest BCUT2D eigenvalue weighted by Gasteiger charge is 2.56. The van der Waals surface area contributed by atoms with Crippen molar-refractivity contribution in [1.82, 2.24) is 10.2 Å². The van der Waals surface area contributed by atoms with Crippen LogP contribution in [0.1, 0.15) is 51.7 Å². The molecule has 1 aliphatic heterocycles. The average Bonchev–Trinajstić information content (AvgIpc) is 3.13. The number of ether oxygens (including phenoxy) is 3. The molecule has 1 saturated heterocycles. The number of carbonyl (C=O) groups excluding carboxylic acids is 5. The maximum Gasteiger partial charge on any atom is 0.334 e. The fourth-order valence-electron chi connectivity index (χ4n) is 5.27. The molecule has 1 aliphatic rings. The van der Waals surface area contributed by atoms with Crippen LogP contribution in [0.15, 0.2) is 103 Å². The fourth-order valence-corrected chi connectivity index (χ4v) is 5.27. The molecule has 14 heteroatoms. The fraction of sp³-hybridized carbons (Fsp3) is 0.194. The van der Waals surface area contributed by atoms with Crippen LogP contribution in [0.4, 0.5) is 5.69 Å². The number of benzene rings is 4. The summed E-state index contributed by atoms with van der Waals surface area (Å²) < 4.78 is 16.8. The van der Waals surface area contributed by atoms with Crippen molar-refractivity contribution < 1.29 is 48.2 Å². The first-order chi connectivity index (χ1) is 24.1. The van der Waals surface area contributed by atoms with Crippen molar-refractivity contribution in [2.24, 2.45) is 0 Å². The van der Waals surface area contributed by atoms with Crippen LogP contribution < -0.4 is 10.1 Å². The molecule has 4 atom stereocenters. The van der Waals surface area contributed by atoms with Crippen LogP contribution in [0.2, 0.25) is 0 Å². The lowest BCUT2D eigenvalue weighted by atomic mass is 9.95. The van der Waals surface area contributed by atoms with Gasteiger partial charge in [0.25, 0.3) is 17.5 Å². The van der Waals surface area contributed by atoms with Crippen LogP contribution in [-0.4, -0.2) is 57.2 Å². The van der Waals surface area contributed by atoms with Crippen molar-refractivity contribution in [2.45, 2.75) is 44.6 Å². The molecule has 4 aromatic rings. The first-order valence-corrected chi connectivity index (χ1v) is 15.3. The average molecular weight is 682 g/mol. The van der Waals surface area contributed by atoms with E-state index in [1.807, 2.05) is 30.3 Å². The van der Waals surface area contributed by atoms with Gasteiger partial charge in [0.1, 0.15) is 25.2 Å². The molecule has 2 unspecified atom stereocenters. The van der Waals surface area contributed by atoms with E-state index in [9.17, 15) is 39.2 Å². The van der Waals surface area contributed by atoms with Gasteiger partial charge < -0.3 is 24.6 Å². The summed E-state index contributed by atoms with van der Waals surface area (Å²) in [5.41, 5.74) is 1.49. The van der Waals surface area contributed by atoms with Crippen molar-refractivity contribution in [1.29, 1.82) is 0 Å². The van der Waals surface area contributed by atoms with Crippen molar-refractivity contribution in [3.05, 3.63) is 141 Å². The number of carbonyl (C=O) groups is 5. The van der Waals surface area contributed by atoms with E-state index in [-0.39, 0.29) is 35.6 Å². The smallest absolute Gasteiger partial charge is 0.334 e. The van der Waals surface area contributed by atoms with E-state index in [0.29, 0.717) is 17.6 Å². The lowest BCUT2D eigenvalue weighted by Gasteiger charge is -2.48. The van der Waals surface area contributed by atoms with Crippen LogP contribution >= 0.6 is 0 Å². The molecular weight excluding hydrogens is 650 g/mol. The third-order valence-corrected chi connectivity index (χ3v) is 7.80. The number of aldehydes is 1. The van der Waals surface area contributed by atoms with Crippen LogP contribution in [-0.2, 0) is 41.9 Å². The minimum Gasteiger partial charge on any atom is -0.489 e. The Morgan fingerprint density at radius 2 is 1.56 bits per heavy atom. The quantitative estimate of drug-likeness (QED) is 0.0648. The SMILES string of the molecule is CC(=O)O[C@@H]1[C@@H](NC(=O)C(O)c2ccccc2C=O)C(=O)N1C(C(=O)OCc1ccc([N+](=O)[O-])cc1)c1ccc(OCc2ccccc2)cc1. The van der Waals surface area contributed by atoms with Crippen molar-refractivity contribution in [3.8, 4) is 5.75 Å². The zero-order valence-corrected chi connectivity index (χ0v) is 26.5. The van der Waals surface area contributed by atoms with Gasteiger partial charge in [-0.2, -0.15) is 0 Å². The number of non-ortho nitro benzene ring substituents is 1. The van der Waals surface area contributed by atoms with Crippen LogP contribution in [0, 0.1) is 10.1 Å². The lowest BCUT2D eigenvalue weighted by Crippen LogP contribution is -2.73. The van der Waals surface area contributed by atoms with Gasteiger partial charge in [-0.05, 0) is 41.0 Å². The topological polar surface area (TPSA) is 192 Å². The first-order valence-electron chi connectivity index (χ1n) is 15.3. The molecule has 0 bridgehead atoms. The summed E-state index contributed by atoms with van der Waals surface area (Å²) in [6.07, 6.45) is -2.88. The third-order valence-electron chi connectivity index (χ3n) is 7.80. The number of aliphatic hydroxyl groups is 1. The van der Waals surface area contributed by atoms with Gasteiger partial charge in [0, 0.05) is 30.2 Å². The Hall–Kier alpha value is -6.41. The van der Waals surface area contributed by atoms with Gasteiger partial charge >= 0.3 is 11.9 Å². The number of nitro benzene ring substituents is 1. The van der Waals surface area contributed by atoms with E-state index in [1.165, 1.54) is 54.6 Å². The molecule has 50 heavy (non-hydrogen) atoms. The molecule has 14 nitrogen and oxygen atoms in total. The van der Waals surface area contributed by atoms with Crippen molar-refractivity contribution in [3.63, 3.8) is 0 Å². The molecule has 256 valence electrons. The molecule has 0 spiro atoms. The number of hydrogen-bond donors (Lipinski definition) is 2. The zero-order valence-electron chi connectivity index (χ0n) is 26.5. The Labute approximate surface area is 285 Å². The Kier molecular flexibility index (Phi) is 10.9. The number of nitrogens with one attached hydrogen (secondary N) is 1. The molecule has 0 aromatic heterocycles. The van der Waals surface area contributed by atoms with Gasteiger partial charge in [-0.1, -0.05) is 66.7 Å². The highest BCUT2D eigenvalue weighted by atomic mass is 16.6. The Morgan fingerprint density at radius 1 is 0.920 bits per heavy atom. The minimum absolute atomic E-state index is 0.00469. The Balaban J connectivity index is 1.39. The maximum absolute atomic E-state index is 13.7. The van der Waals surface area contributed by atoms with Gasteiger partial charge in [-0.15, -0.1) is 0 Å². The third kappa shape index (κ3) is 7.99. The molecule has 2 N–H and O–H groups in total. The molecule has 1 heterocycles. The van der Waals surface area contributed by atoms with Gasteiger partial charge in [-0.3, -0.25) is 34.2 Å². The summed E-state index contributed by atoms with van der Waals surface area (Å²) in [5.74, 6) is -3.19. The number of esters is 2. The highest BCUT2D eigenvalue weighted by molar-refractivity contribution is 5.98. The summed E-state index contributed by atoms with van der Waals surface area (Å²) in [7, 11) is 0. The summed E-state index contributed by atoms with van der Waals surface area (Å²) in [4.78, 5) is 75.5. The van der Waals surface area contributed by atoms with E-state index in [2.05, 4.69) is 5.32 Å². The molecule has 0 saturated carbocycles. The number of hydrogen-bond acceptors (Lipinski definition) is 11. The Morgan fingerprint density at radius 3 is 2.20 bits per heavy atom. The number of β-lactam (4-membered cyclic amide) rings is 1. The van der Waals surface area contributed by atoms with Gasteiger partial charge in [0.05, 0.1) is 4.92 Å². The van der Waals surface area contributed by atoms with E-state index in [1.54, 1.807) is 18.2 Å². The van der Waals surface area contributed by atoms with Crippen LogP contribution in [0.25, 0.3) is 0 Å². The summed E-state index contributed by atoms with van der Waals surface area (Å²) in [6.45, 7) is 1.04. The second-order valence-corrected chi connectivity index (χ2v) is 11.2. The normalized spacial score (nSPS) is 16.3. The number of likely N-dealkylation sites (tertiary alicyclic amines) is 1. The van der Waals surface area contributed by atoms with Gasteiger partial charge in [0.15, 0.2) is 18.2 Å². The summed E-state index contributed by atoms with van der Waals surface area (Å²) in [5, 5.41) is 24.1. The molecule has 2 amide bonds. The second-order valence-electron chi connectivity index (χ2n) is 11.2. The van der Waals surface area contributed by atoms with Gasteiger partial charge in [-0.25, -0.2) is 4.79 Å². The minimum atomic E-state index is -1.85. The highest BCUT2D eigenvalue weighted by Crippen LogP contribution is 2.35. The largest absolute Gasteiger partial charge is 0.489 e. The number of aliphatic hydroxyl groups excluding tert-OH is 1. The van der Waals surface area contributed by atoms with Gasteiger partial charge in [0.2, 0.25) is 6.23 Å². The molecule has 0 aliphatic carbocycles. The van der Waals surface area contributed by atoms with E-state index >= 15 is 0 Å². The zero-order chi connectivity index (χ0) is 35.8. The standard InChI is InChI=1S/C36H31N3O11/c1-22(41)50-35-30(37-33(43)32(42)29-10-6-5-9-26(29)19-40)34(44)38(35)31(36(45)49-21-24-11-15-27(16-12-24)39(46)47)25-13-17-28(18-14-25)48-20-23-7-3-2-4-8-23/h2-19,30-32,35,42H,20-21H2,1H3,(H,37,43)/t30-,31?,32?,35+/m0/s1. The number of nitrogens with zero attached hydrogens (tertiary/aromatic N) is 2. The first kappa shape index (κ1) is 34.9. The number of amides is 2. The molecular formula is C36H31N3O11. The second kappa shape index (κ2) is 15.7. The predicted octanol–water partition coefficient (Wildman–Crippen LogP) is 3.72. The number of nitro groups is 1. The Bertz CT molecular complexity index is 1880. The lowest BCUT2D eigenvalue weighted by molar-refractivity contribution is -0.384. The number of rotatable bonds is 14. The molecule has 0 radical (unpaired) electrons. The monoisotopic (exact) mass is 681 g/mol. The molecule has 1 fully saturated rings. The van der Waals surface area contributed by atoms with Crippen molar-refractivity contribution >= 4 is 35.7 Å². The van der Waals surface area contributed by atoms with Crippen LogP contribution in [0.3, 0.4) is 0 Å². The molecule has 4 aromatic carbocycles. The van der Waals surface area contributed by atoms with E-state index in [4.69, 9.17) is 14.2 Å². The molecule has 5 rings (SSSR count). The maximum atomic E-state index is 13.7. The van der Waals surface area contributed by atoms with E-state index in [0.717, 1.165) is 17.4 Å². The summed E-state index contributed by atoms with van der Waals surface area (Å²) >= 11 is 0. The predicted molar refractivity (Wildman–Crippen MR) is 174 cm³/mol. The summed E-state index contributed by atoms with van der Waals surface area (Å²) in [6, 6.07) is 23.8.